The highest BCUT2D eigenvalue weighted by Gasteiger charge is 2.37. The van der Waals surface area contributed by atoms with Gasteiger partial charge in [0.2, 0.25) is 0 Å². The zero-order chi connectivity index (χ0) is 17.0. The van der Waals surface area contributed by atoms with E-state index in [1.807, 2.05) is 0 Å². The molecule has 3 rings (SSSR count). The van der Waals surface area contributed by atoms with Crippen molar-refractivity contribution >= 4 is 5.69 Å². The lowest BCUT2D eigenvalue weighted by atomic mass is 9.80. The Labute approximate surface area is 148 Å². The number of aryl methyl sites for hydroxylation is 1. The van der Waals surface area contributed by atoms with Gasteiger partial charge in [-0.1, -0.05) is 31.5 Å². The van der Waals surface area contributed by atoms with Crippen molar-refractivity contribution in [3.63, 3.8) is 0 Å². The largest absolute Gasteiger partial charge is 0.378 e. The molecule has 0 aliphatic carbocycles. The molecule has 0 bridgehead atoms. The van der Waals surface area contributed by atoms with Crippen molar-refractivity contribution in [3.8, 4) is 0 Å². The van der Waals surface area contributed by atoms with Gasteiger partial charge in [0.15, 0.2) is 0 Å². The highest BCUT2D eigenvalue weighted by molar-refractivity contribution is 5.47. The maximum Gasteiger partial charge on any atom is 0.0593 e. The first-order chi connectivity index (χ1) is 11.6. The van der Waals surface area contributed by atoms with Gasteiger partial charge >= 0.3 is 0 Å². The molecule has 0 aromatic heterocycles. The second-order valence-electron chi connectivity index (χ2n) is 7.80. The van der Waals surface area contributed by atoms with Gasteiger partial charge in [-0.3, -0.25) is 4.90 Å². The second kappa shape index (κ2) is 7.88. The van der Waals surface area contributed by atoms with E-state index < -0.39 is 0 Å². The fourth-order valence-corrected chi connectivity index (χ4v) is 4.14. The molecule has 0 amide bonds. The van der Waals surface area contributed by atoms with Gasteiger partial charge in [0, 0.05) is 38.4 Å². The standard InChI is InChI=1S/C21H34N2O/c1-4-21(5-2)16-20(24-17-21)10-11-22-12-14-23(15-13-22)19-8-6-18(3)7-9-19/h6-9,20H,4-5,10-17H2,1-3H3. The zero-order valence-corrected chi connectivity index (χ0v) is 15.8. The van der Waals surface area contributed by atoms with Crippen LogP contribution in [0.3, 0.4) is 0 Å². The number of rotatable bonds is 6. The summed E-state index contributed by atoms with van der Waals surface area (Å²) < 4.78 is 6.11. The minimum atomic E-state index is 0.467. The van der Waals surface area contributed by atoms with E-state index >= 15 is 0 Å². The molecule has 1 unspecified atom stereocenters. The summed E-state index contributed by atoms with van der Waals surface area (Å²) in [5.74, 6) is 0. The van der Waals surface area contributed by atoms with Gasteiger partial charge in [-0.2, -0.15) is 0 Å². The Hall–Kier alpha value is -1.06. The molecule has 2 aliphatic heterocycles. The maximum atomic E-state index is 6.11. The number of hydrogen-bond acceptors (Lipinski definition) is 3. The van der Waals surface area contributed by atoms with E-state index in [-0.39, 0.29) is 0 Å². The summed E-state index contributed by atoms with van der Waals surface area (Å²) in [5, 5.41) is 0. The van der Waals surface area contributed by atoms with Crippen LogP contribution in [-0.2, 0) is 4.74 Å². The molecule has 1 aromatic carbocycles. The molecule has 2 heterocycles. The molecule has 2 aliphatic rings. The van der Waals surface area contributed by atoms with E-state index in [1.54, 1.807) is 0 Å². The average Bonchev–Trinajstić information content (AvgIpc) is 3.05. The Morgan fingerprint density at radius 2 is 1.71 bits per heavy atom. The van der Waals surface area contributed by atoms with Crippen molar-refractivity contribution in [1.29, 1.82) is 0 Å². The van der Waals surface area contributed by atoms with E-state index in [1.165, 1.54) is 56.6 Å². The van der Waals surface area contributed by atoms with Crippen LogP contribution in [0.1, 0.15) is 45.1 Å². The van der Waals surface area contributed by atoms with Crippen molar-refractivity contribution < 1.29 is 4.74 Å². The lowest BCUT2D eigenvalue weighted by Gasteiger charge is -2.36. The van der Waals surface area contributed by atoms with Gasteiger partial charge < -0.3 is 9.64 Å². The van der Waals surface area contributed by atoms with Crippen LogP contribution in [0.15, 0.2) is 24.3 Å². The second-order valence-corrected chi connectivity index (χ2v) is 7.80. The third-order valence-corrected chi connectivity index (χ3v) is 6.32. The lowest BCUT2D eigenvalue weighted by molar-refractivity contribution is 0.0785. The van der Waals surface area contributed by atoms with Gasteiger partial charge in [0.05, 0.1) is 12.7 Å². The van der Waals surface area contributed by atoms with Crippen molar-refractivity contribution in [2.45, 2.75) is 52.6 Å². The number of hydrogen-bond donors (Lipinski definition) is 0. The molecule has 0 N–H and O–H groups in total. The molecular weight excluding hydrogens is 296 g/mol. The van der Waals surface area contributed by atoms with E-state index in [2.05, 4.69) is 54.8 Å². The van der Waals surface area contributed by atoms with Crippen molar-refractivity contribution in [2.75, 3.05) is 44.2 Å². The van der Waals surface area contributed by atoms with Crippen LogP contribution < -0.4 is 4.90 Å². The fourth-order valence-electron chi connectivity index (χ4n) is 4.14. The Bertz CT molecular complexity index is 501. The third-order valence-electron chi connectivity index (χ3n) is 6.32. The number of ether oxygens (including phenoxy) is 1. The van der Waals surface area contributed by atoms with Gasteiger partial charge in [-0.05, 0) is 50.2 Å². The molecule has 0 spiro atoms. The van der Waals surface area contributed by atoms with Crippen LogP contribution in [-0.4, -0.2) is 50.3 Å². The van der Waals surface area contributed by atoms with Crippen LogP contribution in [0.2, 0.25) is 0 Å². The monoisotopic (exact) mass is 330 g/mol. The van der Waals surface area contributed by atoms with Crippen LogP contribution in [0.5, 0.6) is 0 Å². The Balaban J connectivity index is 1.41. The molecule has 2 saturated heterocycles. The zero-order valence-electron chi connectivity index (χ0n) is 15.8. The molecule has 24 heavy (non-hydrogen) atoms. The molecule has 0 radical (unpaired) electrons. The third kappa shape index (κ3) is 4.12. The topological polar surface area (TPSA) is 15.7 Å². The molecule has 3 heteroatoms. The first kappa shape index (κ1) is 17.8. The Kier molecular flexibility index (Phi) is 5.83. The minimum Gasteiger partial charge on any atom is -0.378 e. The van der Waals surface area contributed by atoms with Gasteiger partial charge in [0.25, 0.3) is 0 Å². The summed E-state index contributed by atoms with van der Waals surface area (Å²) in [6.45, 7) is 13.6. The van der Waals surface area contributed by atoms with E-state index in [4.69, 9.17) is 4.74 Å². The number of piperazine rings is 1. The molecule has 134 valence electrons. The summed E-state index contributed by atoms with van der Waals surface area (Å²) in [5.41, 5.74) is 3.17. The number of nitrogens with zero attached hydrogens (tertiary/aromatic N) is 2. The predicted octanol–water partition coefficient (Wildman–Crippen LogP) is 4.10. The summed E-state index contributed by atoms with van der Waals surface area (Å²) in [4.78, 5) is 5.13. The van der Waals surface area contributed by atoms with Gasteiger partial charge in [-0.15, -0.1) is 0 Å². The van der Waals surface area contributed by atoms with E-state index in [0.29, 0.717) is 11.5 Å². The summed E-state index contributed by atoms with van der Waals surface area (Å²) in [7, 11) is 0. The van der Waals surface area contributed by atoms with Crippen LogP contribution in [0.4, 0.5) is 5.69 Å². The van der Waals surface area contributed by atoms with Crippen LogP contribution in [0.25, 0.3) is 0 Å². The molecule has 2 fully saturated rings. The normalized spacial score (nSPS) is 24.5. The molecule has 1 atom stereocenters. The quantitative estimate of drug-likeness (QED) is 0.781. The van der Waals surface area contributed by atoms with Gasteiger partial charge in [-0.25, -0.2) is 0 Å². The minimum absolute atomic E-state index is 0.467. The average molecular weight is 331 g/mol. The molecule has 0 saturated carbocycles. The SMILES string of the molecule is CCC1(CC)COC(CCN2CCN(c3ccc(C)cc3)CC2)C1. The predicted molar refractivity (Wildman–Crippen MR) is 102 cm³/mol. The maximum absolute atomic E-state index is 6.11. The van der Waals surface area contributed by atoms with Crippen molar-refractivity contribution in [3.05, 3.63) is 29.8 Å². The summed E-state index contributed by atoms with van der Waals surface area (Å²) in [6.07, 6.45) is 5.47. The number of benzene rings is 1. The van der Waals surface area contributed by atoms with Crippen LogP contribution >= 0.6 is 0 Å². The Morgan fingerprint density at radius 1 is 1.04 bits per heavy atom. The highest BCUT2D eigenvalue weighted by atomic mass is 16.5. The van der Waals surface area contributed by atoms with Crippen LogP contribution in [0, 0.1) is 12.3 Å². The summed E-state index contributed by atoms with van der Waals surface area (Å²) >= 11 is 0. The fraction of sp³-hybridized carbons (Fsp3) is 0.714. The smallest absolute Gasteiger partial charge is 0.0593 e. The lowest BCUT2D eigenvalue weighted by Crippen LogP contribution is -2.47. The highest BCUT2D eigenvalue weighted by Crippen LogP contribution is 2.39. The first-order valence-electron chi connectivity index (χ1n) is 9.80. The number of anilines is 1. The van der Waals surface area contributed by atoms with E-state index in [0.717, 1.165) is 19.7 Å². The van der Waals surface area contributed by atoms with Crippen molar-refractivity contribution in [2.24, 2.45) is 5.41 Å². The molecular formula is C21H34N2O. The van der Waals surface area contributed by atoms with Crippen molar-refractivity contribution in [1.82, 2.24) is 4.90 Å². The molecule has 1 aromatic rings. The molecule has 3 nitrogen and oxygen atoms in total. The summed E-state index contributed by atoms with van der Waals surface area (Å²) in [6, 6.07) is 8.94. The Morgan fingerprint density at radius 3 is 2.29 bits per heavy atom. The van der Waals surface area contributed by atoms with E-state index in [9.17, 15) is 0 Å². The van der Waals surface area contributed by atoms with Gasteiger partial charge in [0.1, 0.15) is 0 Å². The first-order valence-corrected chi connectivity index (χ1v) is 9.80.